The van der Waals surface area contributed by atoms with Crippen molar-refractivity contribution in [1.29, 1.82) is 0 Å². The van der Waals surface area contributed by atoms with Gasteiger partial charge in [-0.25, -0.2) is 0 Å². The minimum atomic E-state index is -0.0370. The second kappa shape index (κ2) is 8.62. The van der Waals surface area contributed by atoms with E-state index >= 15 is 0 Å². The van der Waals surface area contributed by atoms with Crippen molar-refractivity contribution in [2.45, 2.75) is 33.4 Å². The summed E-state index contributed by atoms with van der Waals surface area (Å²) in [6.07, 6.45) is 3.87. The van der Waals surface area contributed by atoms with Gasteiger partial charge in [0.15, 0.2) is 17.3 Å². The zero-order valence-corrected chi connectivity index (χ0v) is 16.3. The number of aryl methyl sites for hydroxylation is 1. The van der Waals surface area contributed by atoms with Gasteiger partial charge in [0, 0.05) is 25.2 Å². The molecule has 1 atom stereocenters. The molecule has 27 heavy (non-hydrogen) atoms. The van der Waals surface area contributed by atoms with Crippen LogP contribution in [-0.2, 0) is 6.54 Å². The first-order valence-corrected chi connectivity index (χ1v) is 9.22. The number of benzene rings is 1. The molecule has 144 valence electrons. The van der Waals surface area contributed by atoms with E-state index in [1.807, 2.05) is 62.1 Å². The van der Waals surface area contributed by atoms with Crippen molar-refractivity contribution in [3.63, 3.8) is 0 Å². The maximum absolute atomic E-state index is 6.05. The van der Waals surface area contributed by atoms with Gasteiger partial charge in [0.05, 0.1) is 25.4 Å². The first-order valence-electron chi connectivity index (χ1n) is 9.22. The van der Waals surface area contributed by atoms with E-state index in [1.165, 1.54) is 0 Å². The number of nitrogens with zero attached hydrogens (tertiary/aromatic N) is 3. The number of aliphatic imine (C=N–C) groups is 1. The summed E-state index contributed by atoms with van der Waals surface area (Å²) in [4.78, 5) is 4.29. The molecule has 2 aromatic heterocycles. The second-order valence-corrected chi connectivity index (χ2v) is 6.40. The van der Waals surface area contributed by atoms with Gasteiger partial charge in [0.25, 0.3) is 0 Å². The molecule has 2 N–H and O–H groups in total. The predicted octanol–water partition coefficient (Wildman–Crippen LogP) is 3.26. The Morgan fingerprint density at radius 2 is 2.26 bits per heavy atom. The summed E-state index contributed by atoms with van der Waals surface area (Å²) in [5.41, 5.74) is 1.93. The first kappa shape index (κ1) is 18.8. The van der Waals surface area contributed by atoms with Crippen molar-refractivity contribution in [2.75, 3.05) is 20.2 Å². The molecule has 0 aliphatic heterocycles. The van der Waals surface area contributed by atoms with E-state index in [0.29, 0.717) is 6.61 Å². The van der Waals surface area contributed by atoms with Crippen molar-refractivity contribution in [2.24, 2.45) is 4.99 Å². The van der Waals surface area contributed by atoms with Crippen LogP contribution in [0.4, 0.5) is 0 Å². The fourth-order valence-electron chi connectivity index (χ4n) is 2.89. The third-order valence-electron chi connectivity index (χ3n) is 4.23. The summed E-state index contributed by atoms with van der Waals surface area (Å²) in [6, 6.07) is 7.92. The highest BCUT2D eigenvalue weighted by Crippen LogP contribution is 2.31. The molecule has 1 unspecified atom stereocenters. The number of aromatic nitrogens is 2. The lowest BCUT2D eigenvalue weighted by Crippen LogP contribution is -2.40. The summed E-state index contributed by atoms with van der Waals surface area (Å²) in [6.45, 7) is 8.14. The molecule has 0 aliphatic carbocycles. The van der Waals surface area contributed by atoms with Crippen LogP contribution in [0, 0.1) is 6.92 Å². The van der Waals surface area contributed by atoms with Gasteiger partial charge < -0.3 is 19.8 Å². The van der Waals surface area contributed by atoms with Crippen LogP contribution in [0.2, 0.25) is 0 Å². The van der Waals surface area contributed by atoms with Crippen LogP contribution in [0.25, 0.3) is 11.0 Å². The molecule has 0 saturated carbocycles. The Bertz CT molecular complexity index is 912. The van der Waals surface area contributed by atoms with Crippen molar-refractivity contribution in [3.05, 3.63) is 48.0 Å². The topological polar surface area (TPSA) is 76.6 Å². The number of ether oxygens (including phenoxy) is 1. The van der Waals surface area contributed by atoms with Gasteiger partial charge in [-0.15, -0.1) is 0 Å². The number of para-hydroxylation sites is 1. The quantitative estimate of drug-likeness (QED) is 0.494. The molecule has 0 fully saturated rings. The Hall–Kier alpha value is -2.96. The van der Waals surface area contributed by atoms with Gasteiger partial charge in [-0.2, -0.15) is 5.10 Å². The van der Waals surface area contributed by atoms with Crippen LogP contribution in [0.3, 0.4) is 0 Å². The monoisotopic (exact) mass is 369 g/mol. The Morgan fingerprint density at radius 3 is 2.96 bits per heavy atom. The predicted molar refractivity (Wildman–Crippen MR) is 107 cm³/mol. The third kappa shape index (κ3) is 4.61. The van der Waals surface area contributed by atoms with Gasteiger partial charge in [0.1, 0.15) is 5.76 Å². The summed E-state index contributed by atoms with van der Waals surface area (Å²) in [7, 11) is 1.76. The average molecular weight is 369 g/mol. The number of guanidine groups is 1. The molecule has 0 saturated heterocycles. The van der Waals surface area contributed by atoms with E-state index in [9.17, 15) is 0 Å². The maximum atomic E-state index is 6.05. The van der Waals surface area contributed by atoms with E-state index in [1.54, 1.807) is 7.05 Å². The fourth-order valence-corrected chi connectivity index (χ4v) is 2.89. The number of hydrogen-bond donors (Lipinski definition) is 2. The standard InChI is InChI=1S/C20H27N5O2/c1-5-26-17-8-6-7-16-11-18(27-19(16)17)15(3)24-20(21-4)22-9-10-25-13-14(2)12-23-25/h6-8,11-13,15H,5,9-10H2,1-4H3,(H2,21,22,24). The minimum absolute atomic E-state index is 0.0370. The lowest BCUT2D eigenvalue weighted by atomic mass is 10.2. The maximum Gasteiger partial charge on any atom is 0.191 e. The van der Waals surface area contributed by atoms with Crippen LogP contribution >= 0.6 is 0 Å². The van der Waals surface area contributed by atoms with Crippen LogP contribution in [-0.4, -0.2) is 35.9 Å². The summed E-state index contributed by atoms with van der Waals surface area (Å²) in [5, 5.41) is 12.0. The molecular weight excluding hydrogens is 342 g/mol. The molecule has 0 aliphatic rings. The van der Waals surface area contributed by atoms with Crippen LogP contribution in [0.15, 0.2) is 46.1 Å². The zero-order valence-electron chi connectivity index (χ0n) is 16.3. The molecule has 7 heteroatoms. The number of furan rings is 1. The van der Waals surface area contributed by atoms with E-state index in [-0.39, 0.29) is 6.04 Å². The Balaban J connectivity index is 1.61. The Labute approximate surface area is 159 Å². The number of nitrogens with one attached hydrogen (secondary N) is 2. The SMILES string of the molecule is CCOc1cccc2cc(C(C)NC(=NC)NCCn3cc(C)cn3)oc12. The number of fused-ring (bicyclic) bond motifs is 1. The lowest BCUT2D eigenvalue weighted by molar-refractivity contribution is 0.336. The lowest BCUT2D eigenvalue weighted by Gasteiger charge is -2.16. The van der Waals surface area contributed by atoms with E-state index < -0.39 is 0 Å². The van der Waals surface area contributed by atoms with Crippen LogP contribution < -0.4 is 15.4 Å². The Kier molecular flexibility index (Phi) is 6.01. The molecule has 0 amide bonds. The van der Waals surface area contributed by atoms with Gasteiger partial charge in [0.2, 0.25) is 0 Å². The second-order valence-electron chi connectivity index (χ2n) is 6.40. The van der Waals surface area contributed by atoms with Crippen molar-refractivity contribution in [3.8, 4) is 5.75 Å². The van der Waals surface area contributed by atoms with E-state index in [0.717, 1.165) is 47.1 Å². The van der Waals surface area contributed by atoms with Gasteiger partial charge in [-0.3, -0.25) is 9.67 Å². The molecular formula is C20H27N5O2. The van der Waals surface area contributed by atoms with E-state index in [4.69, 9.17) is 9.15 Å². The van der Waals surface area contributed by atoms with Crippen molar-refractivity contribution < 1.29 is 9.15 Å². The zero-order chi connectivity index (χ0) is 19.2. The number of rotatable bonds is 7. The number of hydrogen-bond acceptors (Lipinski definition) is 4. The largest absolute Gasteiger partial charge is 0.490 e. The molecule has 3 rings (SSSR count). The molecule has 1 aromatic carbocycles. The highest BCUT2D eigenvalue weighted by atomic mass is 16.5. The first-order chi connectivity index (χ1) is 13.1. The van der Waals surface area contributed by atoms with Crippen LogP contribution in [0.5, 0.6) is 5.75 Å². The van der Waals surface area contributed by atoms with Gasteiger partial charge in [-0.05, 0) is 38.5 Å². The van der Waals surface area contributed by atoms with Gasteiger partial charge in [-0.1, -0.05) is 12.1 Å². The molecule has 3 aromatic rings. The summed E-state index contributed by atoms with van der Waals surface area (Å²) < 4.78 is 13.6. The highest BCUT2D eigenvalue weighted by molar-refractivity contribution is 5.84. The van der Waals surface area contributed by atoms with Crippen molar-refractivity contribution >= 4 is 16.9 Å². The van der Waals surface area contributed by atoms with Crippen molar-refractivity contribution in [1.82, 2.24) is 20.4 Å². The molecule has 0 spiro atoms. The summed E-state index contributed by atoms with van der Waals surface area (Å²) >= 11 is 0. The average Bonchev–Trinajstić information content (AvgIpc) is 3.28. The third-order valence-corrected chi connectivity index (χ3v) is 4.23. The Morgan fingerprint density at radius 1 is 1.41 bits per heavy atom. The highest BCUT2D eigenvalue weighted by Gasteiger charge is 2.15. The van der Waals surface area contributed by atoms with Gasteiger partial charge >= 0.3 is 0 Å². The molecule has 7 nitrogen and oxygen atoms in total. The summed E-state index contributed by atoms with van der Waals surface area (Å²) in [5.74, 6) is 2.32. The molecule has 0 bridgehead atoms. The smallest absolute Gasteiger partial charge is 0.191 e. The minimum Gasteiger partial charge on any atom is -0.490 e. The normalized spacial score (nSPS) is 13.0. The van der Waals surface area contributed by atoms with Crippen LogP contribution in [0.1, 0.15) is 31.2 Å². The molecule has 0 radical (unpaired) electrons. The molecule has 2 heterocycles. The van der Waals surface area contributed by atoms with E-state index in [2.05, 4.69) is 20.7 Å². The fraction of sp³-hybridized carbons (Fsp3) is 0.400.